The standard InChI is InChI=1S/C21H28N2O3S.2ClH.H2O/c22-13-20-16-3-4-18(24)21(25)17(16)12-19(26-20)14-5-8-23(9-6-14)10-7-15-2-1-11-27-15;;;/h1-4,11,14,19-20,24-25H,5-10,12-13,22H2;2*1H;1H2/t19-,20-;;;/m0.../s1. The summed E-state index contributed by atoms with van der Waals surface area (Å²) in [6.45, 7) is 3.67. The van der Waals surface area contributed by atoms with Crippen LogP contribution in [0.15, 0.2) is 29.6 Å². The number of halogens is 2. The molecule has 2 aliphatic rings. The Morgan fingerprint density at radius 3 is 2.50 bits per heavy atom. The smallest absolute Gasteiger partial charge is 0.161 e. The Kier molecular flexibility index (Phi) is 10.9. The second-order valence-electron chi connectivity index (χ2n) is 7.61. The number of nitrogens with two attached hydrogens (primary N) is 1. The van der Waals surface area contributed by atoms with E-state index in [0.29, 0.717) is 18.9 Å². The third-order valence-electron chi connectivity index (χ3n) is 6.02. The third kappa shape index (κ3) is 5.79. The van der Waals surface area contributed by atoms with Gasteiger partial charge in [-0.15, -0.1) is 36.2 Å². The van der Waals surface area contributed by atoms with Gasteiger partial charge in [-0.2, -0.15) is 0 Å². The van der Waals surface area contributed by atoms with Crippen molar-refractivity contribution in [2.24, 2.45) is 11.7 Å². The van der Waals surface area contributed by atoms with E-state index in [1.165, 1.54) is 10.9 Å². The molecule has 2 aliphatic heterocycles. The topological polar surface area (TPSA) is 110 Å². The molecule has 170 valence electrons. The number of piperidine rings is 1. The first-order valence-corrected chi connectivity index (χ1v) is 10.7. The van der Waals surface area contributed by atoms with E-state index in [1.807, 2.05) is 17.4 Å². The Morgan fingerprint density at radius 1 is 1.13 bits per heavy atom. The van der Waals surface area contributed by atoms with Crippen molar-refractivity contribution < 1.29 is 20.4 Å². The maximum absolute atomic E-state index is 10.3. The lowest BCUT2D eigenvalue weighted by molar-refractivity contribution is -0.0646. The van der Waals surface area contributed by atoms with Crippen LogP contribution in [0.1, 0.15) is 34.9 Å². The fraction of sp³-hybridized carbons (Fsp3) is 0.524. The van der Waals surface area contributed by atoms with Crippen LogP contribution in [0.3, 0.4) is 0 Å². The van der Waals surface area contributed by atoms with Gasteiger partial charge < -0.3 is 31.1 Å². The van der Waals surface area contributed by atoms with Crippen molar-refractivity contribution in [3.05, 3.63) is 45.6 Å². The summed E-state index contributed by atoms with van der Waals surface area (Å²) in [7, 11) is 0. The maximum Gasteiger partial charge on any atom is 0.161 e. The van der Waals surface area contributed by atoms with E-state index in [1.54, 1.807) is 0 Å². The molecule has 0 unspecified atom stereocenters. The number of rotatable bonds is 5. The van der Waals surface area contributed by atoms with E-state index in [-0.39, 0.29) is 54.0 Å². The van der Waals surface area contributed by atoms with Gasteiger partial charge in [0.25, 0.3) is 0 Å². The summed E-state index contributed by atoms with van der Waals surface area (Å²) in [5.74, 6) is 0.396. The Labute approximate surface area is 194 Å². The molecule has 1 aromatic heterocycles. The lowest BCUT2D eigenvalue weighted by atomic mass is 9.83. The van der Waals surface area contributed by atoms with E-state index in [4.69, 9.17) is 10.5 Å². The fourth-order valence-corrected chi connectivity index (χ4v) is 5.12. The summed E-state index contributed by atoms with van der Waals surface area (Å²) < 4.78 is 6.32. The maximum atomic E-state index is 10.3. The quantitative estimate of drug-likeness (QED) is 0.571. The molecule has 30 heavy (non-hydrogen) atoms. The number of hydrogen-bond donors (Lipinski definition) is 3. The fourth-order valence-electron chi connectivity index (χ4n) is 4.42. The number of phenols is 2. The lowest BCUT2D eigenvalue weighted by Gasteiger charge is -2.40. The summed E-state index contributed by atoms with van der Waals surface area (Å²) in [5.41, 5.74) is 7.65. The van der Waals surface area contributed by atoms with Gasteiger partial charge in [-0.05, 0) is 61.3 Å². The molecule has 2 atom stereocenters. The molecule has 1 aromatic carbocycles. The number of aromatic hydroxyl groups is 2. The van der Waals surface area contributed by atoms with Crippen molar-refractivity contribution in [3.8, 4) is 11.5 Å². The average Bonchev–Trinajstić information content (AvgIpc) is 3.22. The normalized spacial score (nSPS) is 21.6. The molecule has 0 aliphatic carbocycles. The van der Waals surface area contributed by atoms with Gasteiger partial charge in [0.05, 0.1) is 12.2 Å². The van der Waals surface area contributed by atoms with Crippen molar-refractivity contribution in [2.45, 2.75) is 37.9 Å². The minimum atomic E-state index is -0.206. The molecule has 6 N–H and O–H groups in total. The number of nitrogens with zero attached hydrogens (tertiary/aromatic N) is 1. The first kappa shape index (κ1) is 27.0. The van der Waals surface area contributed by atoms with Gasteiger partial charge in [-0.3, -0.25) is 0 Å². The average molecular weight is 479 g/mol. The highest BCUT2D eigenvalue weighted by molar-refractivity contribution is 7.09. The van der Waals surface area contributed by atoms with Crippen LogP contribution in [0.25, 0.3) is 0 Å². The first-order chi connectivity index (χ1) is 13.2. The first-order valence-electron chi connectivity index (χ1n) is 9.79. The lowest BCUT2D eigenvalue weighted by Crippen LogP contribution is -2.42. The summed E-state index contributed by atoms with van der Waals surface area (Å²) in [6.07, 6.45) is 3.81. The Bertz CT molecular complexity index is 771. The molecule has 1 saturated heterocycles. The predicted molar refractivity (Wildman–Crippen MR) is 125 cm³/mol. The third-order valence-corrected chi connectivity index (χ3v) is 6.95. The van der Waals surface area contributed by atoms with Gasteiger partial charge >= 0.3 is 0 Å². The van der Waals surface area contributed by atoms with Gasteiger partial charge in [-0.1, -0.05) is 12.1 Å². The van der Waals surface area contributed by atoms with E-state index in [0.717, 1.165) is 50.0 Å². The van der Waals surface area contributed by atoms with E-state index >= 15 is 0 Å². The minimum Gasteiger partial charge on any atom is -0.504 e. The van der Waals surface area contributed by atoms with Crippen molar-refractivity contribution in [2.75, 3.05) is 26.2 Å². The second kappa shape index (κ2) is 12.1. The Hall–Kier alpha value is -1.06. The zero-order valence-corrected chi connectivity index (χ0v) is 19.3. The monoisotopic (exact) mass is 478 g/mol. The van der Waals surface area contributed by atoms with Crippen molar-refractivity contribution >= 4 is 36.2 Å². The zero-order valence-electron chi connectivity index (χ0n) is 16.8. The summed E-state index contributed by atoms with van der Waals surface area (Å²) in [6, 6.07) is 7.67. The molecule has 0 bridgehead atoms. The van der Waals surface area contributed by atoms with Gasteiger partial charge in [-0.25, -0.2) is 0 Å². The highest BCUT2D eigenvalue weighted by Gasteiger charge is 2.35. The molecular weight excluding hydrogens is 447 g/mol. The predicted octanol–water partition coefficient (Wildman–Crippen LogP) is 3.07. The van der Waals surface area contributed by atoms with Gasteiger partial charge in [0.2, 0.25) is 0 Å². The van der Waals surface area contributed by atoms with E-state index in [9.17, 15) is 10.2 Å². The number of hydrogen-bond acceptors (Lipinski definition) is 6. The Morgan fingerprint density at radius 2 is 1.87 bits per heavy atom. The number of phenolic OH excluding ortho intramolecular Hbond substituents is 2. The van der Waals surface area contributed by atoms with Gasteiger partial charge in [0.15, 0.2) is 11.5 Å². The van der Waals surface area contributed by atoms with Crippen LogP contribution in [0.2, 0.25) is 0 Å². The summed E-state index contributed by atoms with van der Waals surface area (Å²) in [4.78, 5) is 3.99. The number of likely N-dealkylation sites (tertiary alicyclic amines) is 1. The zero-order chi connectivity index (χ0) is 18.8. The second-order valence-corrected chi connectivity index (χ2v) is 8.64. The largest absolute Gasteiger partial charge is 0.504 e. The van der Waals surface area contributed by atoms with Crippen LogP contribution in [0, 0.1) is 5.92 Å². The summed E-state index contributed by atoms with van der Waals surface area (Å²) in [5, 5.41) is 22.3. The highest BCUT2D eigenvalue weighted by atomic mass is 35.5. The Balaban J connectivity index is 0.00000150. The van der Waals surface area contributed by atoms with Crippen LogP contribution < -0.4 is 5.73 Å². The van der Waals surface area contributed by atoms with Crippen LogP contribution in [-0.2, 0) is 17.6 Å². The molecule has 1 fully saturated rings. The molecule has 6 nitrogen and oxygen atoms in total. The van der Waals surface area contributed by atoms with E-state index < -0.39 is 0 Å². The number of benzene rings is 1. The molecule has 9 heteroatoms. The molecule has 0 saturated carbocycles. The number of thiophene rings is 1. The van der Waals surface area contributed by atoms with Crippen LogP contribution in [0.5, 0.6) is 11.5 Å². The van der Waals surface area contributed by atoms with Crippen LogP contribution in [0.4, 0.5) is 0 Å². The SMILES string of the molecule is Cl.Cl.NC[C@@H]1O[C@H](C2CCN(CCc3cccs3)CC2)Cc2c1ccc(O)c2O.O. The van der Waals surface area contributed by atoms with Crippen molar-refractivity contribution in [1.29, 1.82) is 0 Å². The van der Waals surface area contributed by atoms with E-state index in [2.05, 4.69) is 22.4 Å². The number of ether oxygens (including phenoxy) is 1. The van der Waals surface area contributed by atoms with Crippen molar-refractivity contribution in [3.63, 3.8) is 0 Å². The minimum absolute atomic E-state index is 0. The molecular formula is C21H32Cl2N2O4S. The summed E-state index contributed by atoms with van der Waals surface area (Å²) >= 11 is 1.83. The van der Waals surface area contributed by atoms with Crippen molar-refractivity contribution in [1.82, 2.24) is 4.90 Å². The molecule has 3 heterocycles. The molecule has 2 aromatic rings. The molecule has 0 radical (unpaired) electrons. The van der Waals surface area contributed by atoms with Crippen LogP contribution >= 0.6 is 36.2 Å². The molecule has 0 amide bonds. The van der Waals surface area contributed by atoms with Crippen LogP contribution in [-0.4, -0.2) is 52.9 Å². The number of fused-ring (bicyclic) bond motifs is 1. The van der Waals surface area contributed by atoms with Gasteiger partial charge in [0, 0.05) is 30.0 Å². The molecule has 0 spiro atoms. The highest BCUT2D eigenvalue weighted by Crippen LogP contribution is 2.42. The van der Waals surface area contributed by atoms with Gasteiger partial charge in [0.1, 0.15) is 0 Å². The molecule has 4 rings (SSSR count).